The van der Waals surface area contributed by atoms with Crippen LogP contribution in [0.3, 0.4) is 0 Å². The molecule has 0 spiro atoms. The Hall–Kier alpha value is -1.87. The van der Waals surface area contributed by atoms with Gasteiger partial charge >= 0.3 is 0 Å². The number of ether oxygens (including phenoxy) is 1. The molecule has 20 heavy (non-hydrogen) atoms. The first-order valence-corrected chi connectivity index (χ1v) is 7.02. The van der Waals surface area contributed by atoms with Crippen LogP contribution in [-0.2, 0) is 0 Å². The zero-order chi connectivity index (χ0) is 14.5. The quantitative estimate of drug-likeness (QED) is 0.874. The second-order valence-corrected chi connectivity index (χ2v) is 5.05. The van der Waals surface area contributed by atoms with E-state index in [0.717, 1.165) is 17.7 Å². The first-order chi connectivity index (χ1) is 9.61. The monoisotopic (exact) mass is 271 g/mol. The summed E-state index contributed by atoms with van der Waals surface area (Å²) in [6.07, 6.45) is 2.19. The maximum absolute atomic E-state index is 9.61. The number of pyridine rings is 1. The molecule has 0 fully saturated rings. The van der Waals surface area contributed by atoms with Crippen LogP contribution >= 0.6 is 0 Å². The largest absolute Gasteiger partial charge is 0.439 e. The van der Waals surface area contributed by atoms with Gasteiger partial charge in [-0.2, -0.15) is 0 Å². The average molecular weight is 271 g/mol. The second-order valence-electron chi connectivity index (χ2n) is 5.05. The SMILES string of the molecule is CCC(C)c1ccccc1Oc1cc([C@H](C)O)ccn1. The molecule has 3 heteroatoms. The molecule has 1 unspecified atom stereocenters. The summed E-state index contributed by atoms with van der Waals surface area (Å²) >= 11 is 0. The van der Waals surface area contributed by atoms with E-state index in [9.17, 15) is 5.11 Å². The summed E-state index contributed by atoms with van der Waals surface area (Å²) in [6, 6.07) is 11.6. The van der Waals surface area contributed by atoms with Crippen LogP contribution in [0.25, 0.3) is 0 Å². The molecule has 1 heterocycles. The number of nitrogens with zero attached hydrogens (tertiary/aromatic N) is 1. The number of para-hydroxylation sites is 1. The third kappa shape index (κ3) is 3.36. The molecule has 0 aliphatic rings. The summed E-state index contributed by atoms with van der Waals surface area (Å²) < 4.78 is 5.90. The van der Waals surface area contributed by atoms with E-state index in [1.165, 1.54) is 5.56 Å². The summed E-state index contributed by atoms with van der Waals surface area (Å²) in [5.41, 5.74) is 1.98. The normalized spacial score (nSPS) is 13.8. The Balaban J connectivity index is 2.28. The van der Waals surface area contributed by atoms with Crippen LogP contribution in [0.1, 0.15) is 50.3 Å². The number of hydrogen-bond donors (Lipinski definition) is 1. The number of rotatable bonds is 5. The van der Waals surface area contributed by atoms with E-state index in [4.69, 9.17) is 4.74 Å². The molecule has 1 aromatic carbocycles. The first kappa shape index (κ1) is 14.5. The van der Waals surface area contributed by atoms with Crippen molar-refractivity contribution in [2.24, 2.45) is 0 Å². The lowest BCUT2D eigenvalue weighted by Crippen LogP contribution is -1.98. The van der Waals surface area contributed by atoms with Gasteiger partial charge < -0.3 is 9.84 Å². The lowest BCUT2D eigenvalue weighted by Gasteiger charge is -2.15. The Morgan fingerprint density at radius 3 is 2.65 bits per heavy atom. The summed E-state index contributed by atoms with van der Waals surface area (Å²) in [7, 11) is 0. The van der Waals surface area contributed by atoms with Gasteiger partial charge in [0, 0.05) is 12.3 Å². The second kappa shape index (κ2) is 6.53. The van der Waals surface area contributed by atoms with Crippen LogP contribution in [-0.4, -0.2) is 10.1 Å². The van der Waals surface area contributed by atoms with Crippen molar-refractivity contribution in [3.05, 3.63) is 53.7 Å². The third-order valence-electron chi connectivity index (χ3n) is 3.52. The van der Waals surface area contributed by atoms with Gasteiger partial charge in [0.2, 0.25) is 5.88 Å². The van der Waals surface area contributed by atoms with Crippen molar-refractivity contribution >= 4 is 0 Å². The number of benzene rings is 1. The van der Waals surface area contributed by atoms with Crippen LogP contribution in [0.4, 0.5) is 0 Å². The Morgan fingerprint density at radius 2 is 1.95 bits per heavy atom. The molecule has 0 saturated carbocycles. The van der Waals surface area contributed by atoms with E-state index >= 15 is 0 Å². The van der Waals surface area contributed by atoms with Crippen LogP contribution in [0.15, 0.2) is 42.6 Å². The van der Waals surface area contributed by atoms with E-state index in [1.54, 1.807) is 25.3 Å². The maximum atomic E-state index is 9.61. The Morgan fingerprint density at radius 1 is 1.20 bits per heavy atom. The van der Waals surface area contributed by atoms with E-state index in [0.29, 0.717) is 11.8 Å². The zero-order valence-corrected chi connectivity index (χ0v) is 12.2. The fraction of sp³-hybridized carbons (Fsp3) is 0.353. The van der Waals surface area contributed by atoms with Crippen molar-refractivity contribution in [2.75, 3.05) is 0 Å². The average Bonchev–Trinajstić information content (AvgIpc) is 2.47. The van der Waals surface area contributed by atoms with Gasteiger partial charge in [0.05, 0.1) is 6.10 Å². The van der Waals surface area contributed by atoms with Gasteiger partial charge in [0.1, 0.15) is 5.75 Å². The molecule has 0 aliphatic heterocycles. The Bertz CT molecular complexity index is 566. The number of hydrogen-bond acceptors (Lipinski definition) is 3. The highest BCUT2D eigenvalue weighted by Gasteiger charge is 2.11. The van der Waals surface area contributed by atoms with Gasteiger partial charge in [0.15, 0.2) is 0 Å². The molecule has 0 bridgehead atoms. The van der Waals surface area contributed by atoms with Crippen LogP contribution in [0.2, 0.25) is 0 Å². The van der Waals surface area contributed by atoms with E-state index in [1.807, 2.05) is 18.2 Å². The number of aliphatic hydroxyl groups excluding tert-OH is 1. The molecule has 0 aliphatic carbocycles. The fourth-order valence-corrected chi connectivity index (χ4v) is 2.05. The van der Waals surface area contributed by atoms with Crippen molar-refractivity contribution in [3.8, 4) is 11.6 Å². The van der Waals surface area contributed by atoms with E-state index in [-0.39, 0.29) is 0 Å². The van der Waals surface area contributed by atoms with Crippen molar-refractivity contribution in [1.82, 2.24) is 4.98 Å². The van der Waals surface area contributed by atoms with E-state index in [2.05, 4.69) is 24.9 Å². The lowest BCUT2D eigenvalue weighted by molar-refractivity contribution is 0.198. The Labute approximate surface area is 120 Å². The molecule has 2 rings (SSSR count). The smallest absolute Gasteiger partial charge is 0.219 e. The van der Waals surface area contributed by atoms with Crippen molar-refractivity contribution in [2.45, 2.75) is 39.2 Å². The third-order valence-corrected chi connectivity index (χ3v) is 3.52. The minimum atomic E-state index is -0.523. The summed E-state index contributed by atoms with van der Waals surface area (Å²) in [6.45, 7) is 6.07. The molecule has 3 nitrogen and oxygen atoms in total. The highest BCUT2D eigenvalue weighted by Crippen LogP contribution is 2.31. The van der Waals surface area contributed by atoms with Gasteiger partial charge in [-0.25, -0.2) is 4.98 Å². The molecule has 0 amide bonds. The van der Waals surface area contributed by atoms with Gasteiger partial charge in [-0.3, -0.25) is 0 Å². The predicted molar refractivity (Wildman–Crippen MR) is 80.1 cm³/mol. The number of aromatic nitrogens is 1. The molecule has 106 valence electrons. The molecular formula is C17H21NO2. The molecule has 2 atom stereocenters. The van der Waals surface area contributed by atoms with Crippen molar-refractivity contribution in [3.63, 3.8) is 0 Å². The highest BCUT2D eigenvalue weighted by molar-refractivity contribution is 5.38. The minimum absolute atomic E-state index is 0.436. The standard InChI is InChI=1S/C17H21NO2/c1-4-12(2)15-7-5-6-8-16(15)20-17-11-14(13(3)19)9-10-18-17/h5-13,19H,4H2,1-3H3/t12?,13-/m0/s1. The van der Waals surface area contributed by atoms with Crippen LogP contribution in [0, 0.1) is 0 Å². The summed E-state index contributed by atoms with van der Waals surface area (Å²) in [5, 5.41) is 9.61. The Kier molecular flexibility index (Phi) is 4.74. The van der Waals surface area contributed by atoms with Gasteiger partial charge in [0.25, 0.3) is 0 Å². The van der Waals surface area contributed by atoms with Crippen molar-refractivity contribution in [1.29, 1.82) is 0 Å². The molecule has 0 saturated heterocycles. The maximum Gasteiger partial charge on any atom is 0.219 e. The first-order valence-electron chi connectivity index (χ1n) is 7.02. The molecule has 0 radical (unpaired) electrons. The van der Waals surface area contributed by atoms with Gasteiger partial charge in [-0.15, -0.1) is 0 Å². The molecule has 1 N–H and O–H groups in total. The topological polar surface area (TPSA) is 42.4 Å². The lowest BCUT2D eigenvalue weighted by atomic mass is 9.98. The molecule has 2 aromatic rings. The van der Waals surface area contributed by atoms with Gasteiger partial charge in [-0.05, 0) is 42.5 Å². The summed E-state index contributed by atoms with van der Waals surface area (Å²) in [5.74, 6) is 1.78. The van der Waals surface area contributed by atoms with E-state index < -0.39 is 6.10 Å². The highest BCUT2D eigenvalue weighted by atomic mass is 16.5. The van der Waals surface area contributed by atoms with Crippen LogP contribution in [0.5, 0.6) is 11.6 Å². The van der Waals surface area contributed by atoms with Gasteiger partial charge in [-0.1, -0.05) is 32.0 Å². The van der Waals surface area contributed by atoms with Crippen LogP contribution < -0.4 is 4.74 Å². The zero-order valence-electron chi connectivity index (χ0n) is 12.2. The number of aliphatic hydroxyl groups is 1. The molecule has 1 aromatic heterocycles. The van der Waals surface area contributed by atoms with Crippen molar-refractivity contribution < 1.29 is 9.84 Å². The minimum Gasteiger partial charge on any atom is -0.439 e. The molecular weight excluding hydrogens is 250 g/mol. The fourth-order valence-electron chi connectivity index (χ4n) is 2.05. The predicted octanol–water partition coefficient (Wildman–Crippen LogP) is 4.44. The summed E-state index contributed by atoms with van der Waals surface area (Å²) in [4.78, 5) is 4.21.